The van der Waals surface area contributed by atoms with Crippen LogP contribution in [0.2, 0.25) is 0 Å². The minimum atomic E-state index is -0.235. The highest BCUT2D eigenvalue weighted by Crippen LogP contribution is 2.32. The van der Waals surface area contributed by atoms with E-state index >= 15 is 0 Å². The molecule has 0 spiro atoms. The summed E-state index contributed by atoms with van der Waals surface area (Å²) in [6, 6.07) is 25.2. The van der Waals surface area contributed by atoms with E-state index in [0.717, 1.165) is 58.1 Å². The van der Waals surface area contributed by atoms with Crippen molar-refractivity contribution in [3.63, 3.8) is 0 Å². The summed E-state index contributed by atoms with van der Waals surface area (Å²) in [6.07, 6.45) is 0.762. The van der Waals surface area contributed by atoms with E-state index < -0.39 is 0 Å². The lowest BCUT2D eigenvalue weighted by molar-refractivity contribution is 0.102. The number of hydrogen-bond acceptors (Lipinski definition) is 4. The molecule has 5 aromatic rings. The van der Waals surface area contributed by atoms with Gasteiger partial charge in [-0.3, -0.25) is 9.36 Å². The number of halogens is 1. The average molecular weight is 581 g/mol. The van der Waals surface area contributed by atoms with Crippen LogP contribution in [0.5, 0.6) is 0 Å². The fourth-order valence-corrected chi connectivity index (χ4v) is 6.06. The molecule has 0 fully saturated rings. The molecule has 0 unspecified atom stereocenters. The van der Waals surface area contributed by atoms with Gasteiger partial charge < -0.3 is 4.57 Å². The first-order chi connectivity index (χ1) is 20.0. The number of rotatable bonds is 9. The quantitative estimate of drug-likeness (QED) is 0.130. The van der Waals surface area contributed by atoms with Gasteiger partial charge in [-0.1, -0.05) is 87.1 Å². The van der Waals surface area contributed by atoms with Crippen LogP contribution in [0.15, 0.2) is 84.0 Å². The van der Waals surface area contributed by atoms with Gasteiger partial charge in [0.25, 0.3) is 0 Å². The predicted molar refractivity (Wildman–Crippen MR) is 169 cm³/mol. The normalized spacial score (nSPS) is 11.7. The molecule has 2 heterocycles. The van der Waals surface area contributed by atoms with E-state index in [1.54, 1.807) is 0 Å². The van der Waals surface area contributed by atoms with Crippen molar-refractivity contribution in [2.75, 3.05) is 5.75 Å². The molecule has 5 rings (SSSR count). The van der Waals surface area contributed by atoms with Gasteiger partial charge in [0.05, 0.1) is 11.4 Å². The molecule has 0 saturated carbocycles. The van der Waals surface area contributed by atoms with Crippen molar-refractivity contribution in [2.45, 2.75) is 65.1 Å². The second kappa shape index (κ2) is 12.1. The van der Waals surface area contributed by atoms with Crippen molar-refractivity contribution in [2.24, 2.45) is 0 Å². The number of carbonyl (C=O) groups excluding carboxylic acids is 1. The summed E-state index contributed by atoms with van der Waals surface area (Å²) in [5.41, 5.74) is 8.14. The first-order valence-electron chi connectivity index (χ1n) is 14.2. The highest BCUT2D eigenvalue weighted by atomic mass is 32.2. The van der Waals surface area contributed by atoms with Gasteiger partial charge in [-0.25, -0.2) is 4.39 Å². The molecular formula is C35H37FN4OS. The molecule has 0 bridgehead atoms. The minimum absolute atomic E-state index is 0.0524. The number of carbonyl (C=O) groups is 1. The third kappa shape index (κ3) is 6.26. The fourth-order valence-electron chi connectivity index (χ4n) is 5.23. The maximum absolute atomic E-state index is 13.5. The van der Waals surface area contributed by atoms with Crippen molar-refractivity contribution < 1.29 is 9.18 Å². The number of aryl methyl sites for hydroxylation is 3. The van der Waals surface area contributed by atoms with Gasteiger partial charge in [0, 0.05) is 29.1 Å². The van der Waals surface area contributed by atoms with Gasteiger partial charge >= 0.3 is 0 Å². The Morgan fingerprint density at radius 3 is 2.26 bits per heavy atom. The lowest BCUT2D eigenvalue weighted by atomic mass is 9.87. The van der Waals surface area contributed by atoms with Gasteiger partial charge in [0.15, 0.2) is 16.8 Å². The van der Waals surface area contributed by atoms with Crippen molar-refractivity contribution >= 4 is 17.5 Å². The predicted octanol–water partition coefficient (Wildman–Crippen LogP) is 8.32. The zero-order valence-electron chi connectivity index (χ0n) is 25.1. The molecule has 5 nitrogen and oxygen atoms in total. The maximum atomic E-state index is 13.5. The molecule has 0 atom stereocenters. The van der Waals surface area contributed by atoms with Crippen molar-refractivity contribution in [1.29, 1.82) is 0 Å². The van der Waals surface area contributed by atoms with Gasteiger partial charge in [0.1, 0.15) is 5.82 Å². The van der Waals surface area contributed by atoms with E-state index in [4.69, 9.17) is 0 Å². The number of para-hydroxylation sites is 1. The molecule has 0 aliphatic heterocycles. The van der Waals surface area contributed by atoms with Gasteiger partial charge in [-0.15, -0.1) is 10.2 Å². The molecule has 42 heavy (non-hydrogen) atoms. The Labute approximate surface area is 251 Å². The molecule has 3 aromatic carbocycles. The summed E-state index contributed by atoms with van der Waals surface area (Å²) in [4.78, 5) is 13.5. The summed E-state index contributed by atoms with van der Waals surface area (Å²) >= 11 is 1.41. The van der Waals surface area contributed by atoms with E-state index in [9.17, 15) is 9.18 Å². The summed E-state index contributed by atoms with van der Waals surface area (Å²) in [6.45, 7) is 13.4. The van der Waals surface area contributed by atoms with Crippen LogP contribution in [-0.2, 0) is 18.4 Å². The average Bonchev–Trinajstić information content (AvgIpc) is 3.51. The van der Waals surface area contributed by atoms with Crippen LogP contribution < -0.4 is 0 Å². The Morgan fingerprint density at radius 2 is 1.60 bits per heavy atom. The van der Waals surface area contributed by atoms with Gasteiger partial charge in [0.2, 0.25) is 0 Å². The van der Waals surface area contributed by atoms with Crippen LogP contribution in [-0.4, -0.2) is 30.9 Å². The van der Waals surface area contributed by atoms with Crippen LogP contribution >= 0.6 is 11.8 Å². The lowest BCUT2D eigenvalue weighted by Gasteiger charge is -2.19. The SMILES string of the molecule is Cc1ccccc1-n1c(SCC(=O)c2cc(C)n(CCc3ccc(F)cc3)c2C)nnc1-c1ccc(C(C)(C)C)cc1. The van der Waals surface area contributed by atoms with Crippen LogP contribution in [0.3, 0.4) is 0 Å². The smallest absolute Gasteiger partial charge is 0.196 e. The highest BCUT2D eigenvalue weighted by Gasteiger charge is 2.22. The molecule has 7 heteroatoms. The Bertz CT molecular complexity index is 1710. The molecule has 216 valence electrons. The first kappa shape index (κ1) is 29.5. The molecule has 0 N–H and O–H groups in total. The number of hydrogen-bond donors (Lipinski definition) is 0. The van der Waals surface area contributed by atoms with E-state index in [0.29, 0.717) is 5.16 Å². The molecule has 0 aliphatic carbocycles. The van der Waals surface area contributed by atoms with E-state index in [1.807, 2.05) is 44.2 Å². The standard InChI is InChI=1S/C35H37FN4OS/c1-23-9-7-8-10-31(23)40-33(27-13-15-28(16-14-27)35(4,5)6)37-38-34(40)42-22-32(41)30-21-24(2)39(25(30)3)20-19-26-11-17-29(36)18-12-26/h7-18,21H,19-20,22H2,1-6H3. The molecule has 0 aliphatic rings. The molecule has 0 radical (unpaired) electrons. The Balaban J connectivity index is 1.39. The maximum Gasteiger partial charge on any atom is 0.196 e. The summed E-state index contributed by atoms with van der Waals surface area (Å²) < 4.78 is 17.5. The Hall–Kier alpha value is -3.97. The van der Waals surface area contributed by atoms with Crippen LogP contribution in [0, 0.1) is 26.6 Å². The highest BCUT2D eigenvalue weighted by molar-refractivity contribution is 7.99. The zero-order valence-corrected chi connectivity index (χ0v) is 25.9. The molecule has 0 amide bonds. The monoisotopic (exact) mass is 580 g/mol. The van der Waals surface area contributed by atoms with Crippen molar-refractivity contribution in [1.82, 2.24) is 19.3 Å². The topological polar surface area (TPSA) is 52.7 Å². The number of Topliss-reactive ketones (excluding diaryl/α,β-unsaturated/α-hetero) is 1. The first-order valence-corrected chi connectivity index (χ1v) is 15.2. The number of ketones is 1. The second-order valence-corrected chi connectivity index (χ2v) is 12.7. The van der Waals surface area contributed by atoms with E-state index in [2.05, 4.69) is 83.4 Å². The number of aromatic nitrogens is 4. The largest absolute Gasteiger partial charge is 0.348 e. The molecule has 2 aromatic heterocycles. The van der Waals surface area contributed by atoms with Gasteiger partial charge in [-0.2, -0.15) is 0 Å². The molecular weight excluding hydrogens is 543 g/mol. The number of nitrogens with zero attached hydrogens (tertiary/aromatic N) is 4. The van der Waals surface area contributed by atoms with Crippen LogP contribution in [0.4, 0.5) is 4.39 Å². The van der Waals surface area contributed by atoms with Gasteiger partial charge in [-0.05, 0) is 73.6 Å². The van der Waals surface area contributed by atoms with Crippen molar-refractivity contribution in [3.8, 4) is 17.1 Å². The number of thioether (sulfide) groups is 1. The van der Waals surface area contributed by atoms with E-state index in [-0.39, 0.29) is 22.8 Å². The number of benzene rings is 3. The lowest BCUT2D eigenvalue weighted by Crippen LogP contribution is -2.10. The summed E-state index contributed by atoms with van der Waals surface area (Å²) in [7, 11) is 0. The summed E-state index contributed by atoms with van der Waals surface area (Å²) in [5, 5.41) is 9.83. The Kier molecular flexibility index (Phi) is 8.50. The second-order valence-electron chi connectivity index (χ2n) is 11.8. The van der Waals surface area contributed by atoms with E-state index in [1.165, 1.54) is 29.5 Å². The summed E-state index contributed by atoms with van der Waals surface area (Å²) in [5.74, 6) is 0.811. The van der Waals surface area contributed by atoms with Crippen LogP contribution in [0.25, 0.3) is 17.1 Å². The fraction of sp³-hybridized carbons (Fsp3) is 0.286. The minimum Gasteiger partial charge on any atom is -0.348 e. The van der Waals surface area contributed by atoms with Crippen molar-refractivity contribution in [3.05, 3.63) is 118 Å². The Morgan fingerprint density at radius 1 is 0.905 bits per heavy atom. The van der Waals surface area contributed by atoms with Crippen LogP contribution in [0.1, 0.15) is 59.2 Å². The third-order valence-corrected chi connectivity index (χ3v) is 8.67. The zero-order chi connectivity index (χ0) is 30.0. The third-order valence-electron chi connectivity index (χ3n) is 7.74. The molecule has 0 saturated heterocycles.